The number of aryl methyl sites for hydroxylation is 1. The molecular formula is C21H23N5O2S. The molecule has 8 heteroatoms. The van der Waals surface area contributed by atoms with Gasteiger partial charge in [0.15, 0.2) is 5.82 Å². The van der Waals surface area contributed by atoms with E-state index in [1.807, 2.05) is 73.1 Å². The molecule has 1 amide bonds. The molecule has 2 heterocycles. The van der Waals surface area contributed by atoms with E-state index in [-0.39, 0.29) is 11.9 Å². The van der Waals surface area contributed by atoms with Gasteiger partial charge in [0, 0.05) is 12.1 Å². The van der Waals surface area contributed by atoms with E-state index in [0.717, 1.165) is 29.2 Å². The highest BCUT2D eigenvalue weighted by Gasteiger charge is 2.37. The fourth-order valence-corrected chi connectivity index (χ4v) is 4.35. The minimum Gasteiger partial charge on any atom is -0.494 e. The first-order chi connectivity index (χ1) is 14.2. The van der Waals surface area contributed by atoms with Crippen LogP contribution in [0.5, 0.6) is 5.75 Å². The van der Waals surface area contributed by atoms with E-state index in [9.17, 15) is 4.79 Å². The van der Waals surface area contributed by atoms with Crippen LogP contribution in [0.15, 0.2) is 59.8 Å². The maximum atomic E-state index is 13.2. The number of benzene rings is 2. The number of aromatic nitrogens is 3. The van der Waals surface area contributed by atoms with Crippen LogP contribution < -0.4 is 15.5 Å². The molecule has 0 bridgehead atoms. The van der Waals surface area contributed by atoms with Crippen LogP contribution in [-0.2, 0) is 11.2 Å². The SMILES string of the molecule is CCOc1ccc([C@@H]2Nn3c(CC)nnc3S[C@H]2C(=O)Nc2ccccc2)cc1. The number of carbonyl (C=O) groups is 1. The summed E-state index contributed by atoms with van der Waals surface area (Å²) in [5.74, 6) is 1.56. The van der Waals surface area contributed by atoms with Gasteiger partial charge >= 0.3 is 0 Å². The van der Waals surface area contributed by atoms with E-state index in [1.54, 1.807) is 0 Å². The molecule has 4 rings (SSSR count). The Morgan fingerprint density at radius 3 is 2.59 bits per heavy atom. The number of fused-ring (bicyclic) bond motifs is 1. The largest absolute Gasteiger partial charge is 0.494 e. The first-order valence-electron chi connectivity index (χ1n) is 9.65. The van der Waals surface area contributed by atoms with Gasteiger partial charge in [0.2, 0.25) is 11.1 Å². The third-order valence-corrected chi connectivity index (χ3v) is 5.89. The van der Waals surface area contributed by atoms with Crippen LogP contribution in [0.25, 0.3) is 0 Å². The number of anilines is 1. The van der Waals surface area contributed by atoms with Crippen molar-refractivity contribution in [1.82, 2.24) is 14.9 Å². The second-order valence-corrected chi connectivity index (χ2v) is 7.70. The first-order valence-corrected chi connectivity index (χ1v) is 10.5. The molecule has 2 atom stereocenters. The Morgan fingerprint density at radius 1 is 1.14 bits per heavy atom. The van der Waals surface area contributed by atoms with Crippen molar-refractivity contribution in [2.24, 2.45) is 0 Å². The van der Waals surface area contributed by atoms with Crippen molar-refractivity contribution in [2.75, 3.05) is 17.3 Å². The number of hydrogen-bond acceptors (Lipinski definition) is 6. The highest BCUT2D eigenvalue weighted by molar-refractivity contribution is 8.00. The topological polar surface area (TPSA) is 81.1 Å². The molecule has 0 radical (unpaired) electrons. The Balaban J connectivity index is 1.65. The van der Waals surface area contributed by atoms with Crippen LogP contribution in [0.2, 0.25) is 0 Å². The van der Waals surface area contributed by atoms with Crippen molar-refractivity contribution in [1.29, 1.82) is 0 Å². The van der Waals surface area contributed by atoms with Crippen LogP contribution in [-0.4, -0.2) is 32.6 Å². The van der Waals surface area contributed by atoms with Gasteiger partial charge in [-0.1, -0.05) is 49.0 Å². The van der Waals surface area contributed by atoms with Crippen LogP contribution >= 0.6 is 11.8 Å². The number of para-hydroxylation sites is 1. The number of carbonyl (C=O) groups excluding carboxylic acids is 1. The molecular weight excluding hydrogens is 386 g/mol. The molecule has 2 N–H and O–H groups in total. The molecule has 0 spiro atoms. The third-order valence-electron chi connectivity index (χ3n) is 4.67. The molecule has 29 heavy (non-hydrogen) atoms. The monoisotopic (exact) mass is 409 g/mol. The number of amides is 1. The van der Waals surface area contributed by atoms with Crippen LogP contribution in [0, 0.1) is 0 Å². The summed E-state index contributed by atoms with van der Waals surface area (Å²) in [6.45, 7) is 4.60. The van der Waals surface area contributed by atoms with Gasteiger partial charge in [-0.25, -0.2) is 4.68 Å². The van der Waals surface area contributed by atoms with E-state index < -0.39 is 5.25 Å². The number of nitrogens with zero attached hydrogens (tertiary/aromatic N) is 3. The lowest BCUT2D eigenvalue weighted by Crippen LogP contribution is -2.41. The van der Waals surface area contributed by atoms with Gasteiger partial charge in [0.05, 0.1) is 12.6 Å². The molecule has 0 saturated carbocycles. The van der Waals surface area contributed by atoms with E-state index in [1.165, 1.54) is 11.8 Å². The molecule has 1 aliphatic heterocycles. The van der Waals surface area contributed by atoms with Crippen LogP contribution in [0.4, 0.5) is 5.69 Å². The van der Waals surface area contributed by atoms with Crippen molar-refractivity contribution in [2.45, 2.75) is 36.7 Å². The molecule has 3 aromatic rings. The van der Waals surface area contributed by atoms with Crippen molar-refractivity contribution >= 4 is 23.4 Å². The molecule has 2 aromatic carbocycles. The Labute approximate surface area is 173 Å². The van der Waals surface area contributed by atoms with Gasteiger partial charge in [0.1, 0.15) is 11.0 Å². The van der Waals surface area contributed by atoms with E-state index in [4.69, 9.17) is 4.74 Å². The van der Waals surface area contributed by atoms with Crippen LogP contribution in [0.1, 0.15) is 31.3 Å². The fourth-order valence-electron chi connectivity index (χ4n) is 3.25. The number of nitrogens with one attached hydrogen (secondary N) is 2. The summed E-state index contributed by atoms with van der Waals surface area (Å²) in [6.07, 6.45) is 0.747. The molecule has 7 nitrogen and oxygen atoms in total. The summed E-state index contributed by atoms with van der Waals surface area (Å²) in [6, 6.07) is 17.1. The van der Waals surface area contributed by atoms with Gasteiger partial charge in [-0.15, -0.1) is 10.2 Å². The summed E-state index contributed by atoms with van der Waals surface area (Å²) in [5, 5.41) is 11.8. The third kappa shape index (κ3) is 4.07. The lowest BCUT2D eigenvalue weighted by Gasteiger charge is -2.33. The van der Waals surface area contributed by atoms with Crippen molar-refractivity contribution in [3.05, 3.63) is 66.0 Å². The maximum Gasteiger partial charge on any atom is 0.240 e. The number of thioether (sulfide) groups is 1. The van der Waals surface area contributed by atoms with Crippen molar-refractivity contribution in [3.8, 4) is 5.75 Å². The van der Waals surface area contributed by atoms with Gasteiger partial charge in [-0.05, 0) is 36.8 Å². The lowest BCUT2D eigenvalue weighted by molar-refractivity contribution is -0.116. The highest BCUT2D eigenvalue weighted by Crippen LogP contribution is 2.38. The number of hydrogen-bond donors (Lipinski definition) is 2. The highest BCUT2D eigenvalue weighted by atomic mass is 32.2. The summed E-state index contributed by atoms with van der Waals surface area (Å²) < 4.78 is 7.44. The van der Waals surface area contributed by atoms with E-state index in [0.29, 0.717) is 11.8 Å². The average molecular weight is 410 g/mol. The normalized spacial score (nSPS) is 17.9. The second kappa shape index (κ2) is 8.57. The van der Waals surface area contributed by atoms with Crippen molar-refractivity contribution < 1.29 is 9.53 Å². The van der Waals surface area contributed by atoms with Gasteiger partial charge in [0.25, 0.3) is 0 Å². The second-order valence-electron chi connectivity index (χ2n) is 6.59. The minimum absolute atomic E-state index is 0.0834. The molecule has 1 aliphatic rings. The molecule has 0 unspecified atom stereocenters. The molecule has 1 aromatic heterocycles. The smallest absolute Gasteiger partial charge is 0.240 e. The zero-order valence-electron chi connectivity index (χ0n) is 16.3. The quantitative estimate of drug-likeness (QED) is 0.647. The lowest BCUT2D eigenvalue weighted by atomic mass is 10.0. The Morgan fingerprint density at radius 2 is 1.90 bits per heavy atom. The number of ether oxygens (including phenoxy) is 1. The van der Waals surface area contributed by atoms with E-state index in [2.05, 4.69) is 20.9 Å². The van der Waals surface area contributed by atoms with Gasteiger partial charge in [-0.3, -0.25) is 4.79 Å². The first kappa shape index (κ1) is 19.3. The summed E-state index contributed by atoms with van der Waals surface area (Å²) >= 11 is 1.42. The summed E-state index contributed by atoms with van der Waals surface area (Å²) in [4.78, 5) is 13.2. The zero-order chi connectivity index (χ0) is 20.2. The molecule has 0 aliphatic carbocycles. The predicted octanol–water partition coefficient (Wildman–Crippen LogP) is 3.64. The standard InChI is InChI=1S/C21H23N5O2S/c1-3-17-23-24-21-26(17)25-18(14-10-12-16(13-11-14)28-4-2)19(29-21)20(27)22-15-8-6-5-7-9-15/h5-13,18-19,25H,3-4H2,1-2H3,(H,22,27)/t18-,19+/m0/s1. The fraction of sp³-hybridized carbons (Fsp3) is 0.286. The predicted molar refractivity (Wildman–Crippen MR) is 114 cm³/mol. The van der Waals surface area contributed by atoms with Crippen LogP contribution in [0.3, 0.4) is 0 Å². The van der Waals surface area contributed by atoms with Gasteiger partial charge < -0.3 is 15.5 Å². The minimum atomic E-state index is -0.408. The zero-order valence-corrected chi connectivity index (χ0v) is 17.1. The molecule has 0 saturated heterocycles. The maximum absolute atomic E-state index is 13.2. The Kier molecular flexibility index (Phi) is 5.71. The Hall–Kier alpha value is -3.00. The molecule has 0 fully saturated rings. The Bertz CT molecular complexity index is 974. The van der Waals surface area contributed by atoms with E-state index >= 15 is 0 Å². The van der Waals surface area contributed by atoms with Crippen molar-refractivity contribution in [3.63, 3.8) is 0 Å². The average Bonchev–Trinajstić information content (AvgIpc) is 3.16. The number of rotatable bonds is 6. The van der Waals surface area contributed by atoms with Gasteiger partial charge in [-0.2, -0.15) is 0 Å². The summed E-state index contributed by atoms with van der Waals surface area (Å²) in [7, 11) is 0. The summed E-state index contributed by atoms with van der Waals surface area (Å²) in [5.41, 5.74) is 5.21. The molecule has 150 valence electrons.